The smallest absolute Gasteiger partial charge is 0.163 e. The first-order valence-corrected chi connectivity index (χ1v) is 11.9. The van der Waals surface area contributed by atoms with E-state index in [1.54, 1.807) is 7.11 Å². The molecule has 3 aromatic carbocycles. The quantitative estimate of drug-likeness (QED) is 0.429. The molecule has 0 fully saturated rings. The van der Waals surface area contributed by atoms with Crippen LogP contribution in [0.1, 0.15) is 42.9 Å². The Balaban J connectivity index is 1.56. The number of carbonyl (C=O) groups excluding carboxylic acids is 1. The van der Waals surface area contributed by atoms with Crippen LogP contribution >= 0.6 is 11.6 Å². The Bertz CT molecular complexity index is 1270. The number of anilines is 2. The van der Waals surface area contributed by atoms with Crippen LogP contribution in [0.15, 0.2) is 78.0 Å². The number of rotatable bonds is 5. The third-order valence-corrected chi connectivity index (χ3v) is 6.69. The minimum absolute atomic E-state index is 0.0357. The Morgan fingerprint density at radius 2 is 1.76 bits per heavy atom. The van der Waals surface area contributed by atoms with Crippen LogP contribution in [0.25, 0.3) is 0 Å². The fourth-order valence-electron chi connectivity index (χ4n) is 4.88. The number of ketones is 1. The van der Waals surface area contributed by atoms with Gasteiger partial charge in [-0.25, -0.2) is 0 Å². The number of methoxy groups -OCH3 is 1. The maximum absolute atomic E-state index is 13.7. The van der Waals surface area contributed by atoms with E-state index in [0.29, 0.717) is 36.0 Å². The molecular weight excluding hydrogens is 448 g/mol. The number of para-hydroxylation sites is 2. The van der Waals surface area contributed by atoms with Gasteiger partial charge in [-0.05, 0) is 66.8 Å². The van der Waals surface area contributed by atoms with Crippen molar-refractivity contribution in [3.8, 4) is 11.5 Å². The normalized spacial score (nSPS) is 19.3. The molecule has 5 rings (SSSR count). The number of nitrogens with one attached hydrogen (secondary N) is 2. The molecule has 2 N–H and O–H groups in total. The summed E-state index contributed by atoms with van der Waals surface area (Å²) in [4.78, 5) is 13.7. The molecule has 0 amide bonds. The van der Waals surface area contributed by atoms with Crippen molar-refractivity contribution in [2.75, 3.05) is 24.4 Å². The molecule has 1 aliphatic carbocycles. The fourth-order valence-corrected chi connectivity index (χ4v) is 5.08. The van der Waals surface area contributed by atoms with E-state index in [0.717, 1.165) is 33.8 Å². The first-order valence-electron chi connectivity index (χ1n) is 11.5. The lowest BCUT2D eigenvalue weighted by Crippen LogP contribution is -2.26. The van der Waals surface area contributed by atoms with E-state index in [-0.39, 0.29) is 17.7 Å². The number of carbonyl (C=O) groups is 1. The lowest BCUT2D eigenvalue weighted by atomic mass is 9.78. The van der Waals surface area contributed by atoms with Crippen molar-refractivity contribution in [1.82, 2.24) is 0 Å². The van der Waals surface area contributed by atoms with Crippen molar-refractivity contribution in [3.63, 3.8) is 0 Å². The van der Waals surface area contributed by atoms with E-state index in [1.165, 1.54) is 0 Å². The van der Waals surface area contributed by atoms with Gasteiger partial charge >= 0.3 is 0 Å². The minimum Gasteiger partial charge on any atom is -0.493 e. The lowest BCUT2D eigenvalue weighted by molar-refractivity contribution is -0.116. The number of allylic oxidation sites excluding steroid dienone is 1. The predicted molar refractivity (Wildman–Crippen MR) is 136 cm³/mol. The molecule has 0 aromatic heterocycles. The number of halogens is 1. The first kappa shape index (κ1) is 22.4. The summed E-state index contributed by atoms with van der Waals surface area (Å²) in [6.07, 6.45) is 1.14. The molecule has 0 radical (unpaired) electrons. The zero-order valence-corrected chi connectivity index (χ0v) is 20.0. The van der Waals surface area contributed by atoms with Gasteiger partial charge in [0.2, 0.25) is 0 Å². The van der Waals surface area contributed by atoms with Gasteiger partial charge in [0.05, 0.1) is 31.1 Å². The third kappa shape index (κ3) is 4.24. The standard InChI is InChI=1S/C28H27ClN2O3/c1-3-34-25-12-11-17(16-26(25)33-2)19-14-23-27(24(32)15-19)28(18-7-6-8-20(29)13-18)31-22-10-5-4-9-21(22)30-23/h4-13,16,19,28,30-31H,3,14-15H2,1-2H3. The lowest BCUT2D eigenvalue weighted by Gasteiger charge is -2.30. The third-order valence-electron chi connectivity index (χ3n) is 6.45. The van der Waals surface area contributed by atoms with Crippen LogP contribution < -0.4 is 20.1 Å². The highest BCUT2D eigenvalue weighted by atomic mass is 35.5. The number of Topliss-reactive ketones (excluding diaryl/α,β-unsaturated/α-hetero) is 1. The van der Waals surface area contributed by atoms with Crippen LogP contribution in [0.3, 0.4) is 0 Å². The summed E-state index contributed by atoms with van der Waals surface area (Å²) in [6, 6.07) is 21.4. The zero-order chi connectivity index (χ0) is 23.7. The molecule has 0 saturated heterocycles. The molecule has 3 aromatic rings. The topological polar surface area (TPSA) is 59.6 Å². The van der Waals surface area contributed by atoms with E-state index >= 15 is 0 Å². The summed E-state index contributed by atoms with van der Waals surface area (Å²) in [6.45, 7) is 2.51. The van der Waals surface area contributed by atoms with Crippen molar-refractivity contribution in [2.45, 2.75) is 31.7 Å². The van der Waals surface area contributed by atoms with Crippen molar-refractivity contribution in [2.24, 2.45) is 0 Å². The average molecular weight is 475 g/mol. The summed E-state index contributed by atoms with van der Waals surface area (Å²) in [7, 11) is 1.64. The molecule has 2 aliphatic rings. The van der Waals surface area contributed by atoms with E-state index < -0.39 is 0 Å². The molecule has 2 atom stereocenters. The molecule has 0 bridgehead atoms. The van der Waals surface area contributed by atoms with Gasteiger partial charge in [-0.15, -0.1) is 0 Å². The van der Waals surface area contributed by atoms with Crippen LogP contribution in [-0.2, 0) is 4.79 Å². The summed E-state index contributed by atoms with van der Waals surface area (Å²) in [5, 5.41) is 7.81. The maximum atomic E-state index is 13.7. The van der Waals surface area contributed by atoms with Gasteiger partial charge < -0.3 is 20.1 Å². The fraction of sp³-hybridized carbons (Fsp3) is 0.250. The Kier molecular flexibility index (Phi) is 6.20. The molecule has 2 unspecified atom stereocenters. The minimum atomic E-state index is -0.284. The second-order valence-electron chi connectivity index (χ2n) is 8.57. The van der Waals surface area contributed by atoms with E-state index in [4.69, 9.17) is 21.1 Å². The molecule has 174 valence electrons. The molecule has 0 spiro atoms. The van der Waals surface area contributed by atoms with Gasteiger partial charge in [-0.3, -0.25) is 4.79 Å². The van der Waals surface area contributed by atoms with Crippen LogP contribution in [0.2, 0.25) is 5.02 Å². The SMILES string of the molecule is CCOc1ccc(C2CC(=O)C3=C(C2)Nc2ccccc2NC3c2cccc(Cl)c2)cc1OC. The van der Waals surface area contributed by atoms with Gasteiger partial charge in [0.15, 0.2) is 17.3 Å². The molecular formula is C28H27ClN2O3. The number of hydrogen-bond donors (Lipinski definition) is 2. The zero-order valence-electron chi connectivity index (χ0n) is 19.2. The van der Waals surface area contributed by atoms with Crippen LogP contribution in [0.5, 0.6) is 11.5 Å². The predicted octanol–water partition coefficient (Wildman–Crippen LogP) is 6.73. The Labute approximate surface area is 204 Å². The maximum Gasteiger partial charge on any atom is 0.163 e. The van der Waals surface area contributed by atoms with Gasteiger partial charge in [-0.1, -0.05) is 41.9 Å². The van der Waals surface area contributed by atoms with Crippen LogP contribution in [-0.4, -0.2) is 19.5 Å². The van der Waals surface area contributed by atoms with Gasteiger partial charge in [0.25, 0.3) is 0 Å². The number of benzene rings is 3. The number of hydrogen-bond acceptors (Lipinski definition) is 5. The van der Waals surface area contributed by atoms with E-state index in [9.17, 15) is 4.79 Å². The highest BCUT2D eigenvalue weighted by Crippen LogP contribution is 2.45. The Morgan fingerprint density at radius 3 is 2.53 bits per heavy atom. The highest BCUT2D eigenvalue weighted by molar-refractivity contribution is 6.30. The van der Waals surface area contributed by atoms with Gasteiger partial charge in [0, 0.05) is 22.7 Å². The number of fused-ring (bicyclic) bond motifs is 1. The monoisotopic (exact) mass is 474 g/mol. The molecule has 34 heavy (non-hydrogen) atoms. The van der Waals surface area contributed by atoms with Gasteiger partial charge in [-0.2, -0.15) is 0 Å². The second-order valence-corrected chi connectivity index (χ2v) is 9.00. The molecule has 6 heteroatoms. The van der Waals surface area contributed by atoms with Crippen molar-refractivity contribution < 1.29 is 14.3 Å². The molecule has 1 aliphatic heterocycles. The van der Waals surface area contributed by atoms with Crippen molar-refractivity contribution >= 4 is 28.8 Å². The van der Waals surface area contributed by atoms with Crippen molar-refractivity contribution in [1.29, 1.82) is 0 Å². The molecule has 1 heterocycles. The van der Waals surface area contributed by atoms with Crippen LogP contribution in [0, 0.1) is 0 Å². The Morgan fingerprint density at radius 1 is 0.941 bits per heavy atom. The van der Waals surface area contributed by atoms with E-state index in [1.807, 2.05) is 73.7 Å². The largest absolute Gasteiger partial charge is 0.493 e. The summed E-state index contributed by atoms with van der Waals surface area (Å²) in [5.41, 5.74) is 5.65. The summed E-state index contributed by atoms with van der Waals surface area (Å²) >= 11 is 6.32. The second kappa shape index (κ2) is 9.43. The van der Waals surface area contributed by atoms with Crippen molar-refractivity contribution in [3.05, 3.63) is 94.1 Å². The number of ether oxygens (including phenoxy) is 2. The summed E-state index contributed by atoms with van der Waals surface area (Å²) in [5.74, 6) is 1.55. The molecule has 5 nitrogen and oxygen atoms in total. The van der Waals surface area contributed by atoms with Crippen LogP contribution in [0.4, 0.5) is 11.4 Å². The van der Waals surface area contributed by atoms with E-state index in [2.05, 4.69) is 10.6 Å². The molecule has 0 saturated carbocycles. The first-order chi connectivity index (χ1) is 16.6. The Hall–Kier alpha value is -3.44. The van der Waals surface area contributed by atoms with Gasteiger partial charge in [0.1, 0.15) is 0 Å². The summed E-state index contributed by atoms with van der Waals surface area (Å²) < 4.78 is 11.2. The highest BCUT2D eigenvalue weighted by Gasteiger charge is 2.36. The average Bonchev–Trinajstić information content (AvgIpc) is 3.01.